The maximum absolute atomic E-state index is 5.90. The molecule has 0 fully saturated rings. The summed E-state index contributed by atoms with van der Waals surface area (Å²) >= 11 is 0. The van der Waals surface area contributed by atoms with Gasteiger partial charge in [0.25, 0.3) is 0 Å². The van der Waals surface area contributed by atoms with E-state index >= 15 is 0 Å². The Bertz CT molecular complexity index is 675. The van der Waals surface area contributed by atoms with Crippen LogP contribution in [0.3, 0.4) is 0 Å². The van der Waals surface area contributed by atoms with Crippen LogP contribution in [0.15, 0.2) is 91.0 Å². The van der Waals surface area contributed by atoms with Crippen LogP contribution < -0.4 is 15.9 Å². The molecular formula is C25H31OP. The molecule has 0 aliphatic carbocycles. The molecule has 0 unspecified atom stereocenters. The van der Waals surface area contributed by atoms with E-state index < -0.39 is 7.26 Å². The molecule has 0 bridgehead atoms. The molecular weight excluding hydrogens is 347 g/mol. The number of rotatable bonds is 10. The zero-order valence-electron chi connectivity index (χ0n) is 16.3. The number of unbranched alkanes of at least 4 members (excludes halogenated alkanes) is 1. The molecule has 3 aromatic rings. The first-order valence-corrected chi connectivity index (χ1v) is 12.3. The third kappa shape index (κ3) is 4.86. The molecule has 142 valence electrons. The maximum atomic E-state index is 5.90. The van der Waals surface area contributed by atoms with Crippen molar-refractivity contribution < 1.29 is 4.74 Å². The Morgan fingerprint density at radius 3 is 1.41 bits per heavy atom. The van der Waals surface area contributed by atoms with Crippen LogP contribution in [0.2, 0.25) is 0 Å². The van der Waals surface area contributed by atoms with Gasteiger partial charge in [0.2, 0.25) is 0 Å². The van der Waals surface area contributed by atoms with Crippen molar-refractivity contribution in [3.63, 3.8) is 0 Å². The average Bonchev–Trinajstić information content (AvgIpc) is 2.75. The fourth-order valence-corrected chi connectivity index (χ4v) is 8.71. The van der Waals surface area contributed by atoms with Gasteiger partial charge in [0.15, 0.2) is 0 Å². The molecule has 0 spiro atoms. The van der Waals surface area contributed by atoms with Crippen LogP contribution in [0.25, 0.3) is 0 Å². The second-order valence-electron chi connectivity index (χ2n) is 7.07. The predicted molar refractivity (Wildman–Crippen MR) is 122 cm³/mol. The molecule has 0 amide bonds. The van der Waals surface area contributed by atoms with Crippen LogP contribution in [0.5, 0.6) is 0 Å². The summed E-state index contributed by atoms with van der Waals surface area (Å²) in [5, 5.41) is 4.45. The zero-order valence-corrected chi connectivity index (χ0v) is 17.3. The van der Waals surface area contributed by atoms with E-state index in [2.05, 4.69) is 97.9 Å². The molecule has 0 aromatic heterocycles. The number of ether oxygens (including phenoxy) is 1. The van der Waals surface area contributed by atoms with Gasteiger partial charge in [-0.3, -0.25) is 0 Å². The van der Waals surface area contributed by atoms with Crippen molar-refractivity contribution in [2.24, 2.45) is 0 Å². The third-order valence-corrected chi connectivity index (χ3v) is 10.3. The first-order chi connectivity index (χ1) is 13.4. The van der Waals surface area contributed by atoms with E-state index in [-0.39, 0.29) is 0 Å². The summed E-state index contributed by atoms with van der Waals surface area (Å²) in [6, 6.07) is 33.4. The van der Waals surface area contributed by atoms with Crippen LogP contribution in [-0.2, 0) is 4.74 Å². The van der Waals surface area contributed by atoms with E-state index in [1.807, 2.05) is 0 Å². The van der Waals surface area contributed by atoms with E-state index in [1.165, 1.54) is 22.3 Å². The van der Waals surface area contributed by atoms with E-state index in [4.69, 9.17) is 4.74 Å². The molecule has 3 rings (SSSR count). The van der Waals surface area contributed by atoms with Gasteiger partial charge in [-0.05, 0) is 0 Å². The predicted octanol–water partition coefficient (Wildman–Crippen LogP) is 4.92. The van der Waals surface area contributed by atoms with E-state index in [9.17, 15) is 0 Å². The Balaban J connectivity index is 1.98. The van der Waals surface area contributed by atoms with Crippen molar-refractivity contribution in [1.29, 1.82) is 0 Å². The van der Waals surface area contributed by atoms with Crippen molar-refractivity contribution in [3.05, 3.63) is 91.0 Å². The molecule has 2 heteroatoms. The summed E-state index contributed by atoms with van der Waals surface area (Å²) in [6.07, 6.45) is 4.60. The van der Waals surface area contributed by atoms with Crippen molar-refractivity contribution in [3.8, 4) is 0 Å². The van der Waals surface area contributed by atoms with Crippen molar-refractivity contribution in [2.75, 3.05) is 19.4 Å². The Morgan fingerprint density at radius 1 is 0.593 bits per heavy atom. The quantitative estimate of drug-likeness (QED) is 0.359. The van der Waals surface area contributed by atoms with Gasteiger partial charge in [0.1, 0.15) is 0 Å². The van der Waals surface area contributed by atoms with Gasteiger partial charge in [-0.25, -0.2) is 0 Å². The molecule has 3 aromatic carbocycles. The first kappa shape index (κ1) is 19.8. The minimum absolute atomic E-state index is 0.848. The van der Waals surface area contributed by atoms with Gasteiger partial charge >= 0.3 is 164 Å². The molecule has 0 atom stereocenters. The molecule has 0 saturated carbocycles. The van der Waals surface area contributed by atoms with E-state index in [0.717, 1.165) is 32.2 Å². The molecule has 1 nitrogen and oxygen atoms in total. The fourth-order valence-electron chi connectivity index (χ4n) is 3.89. The van der Waals surface area contributed by atoms with Gasteiger partial charge in [-0.2, -0.15) is 0 Å². The van der Waals surface area contributed by atoms with Crippen molar-refractivity contribution in [2.45, 2.75) is 26.2 Å². The Morgan fingerprint density at radius 2 is 1.00 bits per heavy atom. The number of benzene rings is 3. The van der Waals surface area contributed by atoms with Crippen LogP contribution >= 0.6 is 7.26 Å². The standard InChI is InChI=1S/C25H31OP/c1-2-3-20-26-21-13-22-27(23-14-7-4-8-15-23,24-16-9-5-10-17-24)25-18-11-6-12-19-25/h4-12,14-19,27H,2-3,13,20-22H2,1H3. The summed E-state index contributed by atoms with van der Waals surface area (Å²) in [5.74, 6) is 0. The Hall–Kier alpha value is -1.95. The molecule has 0 heterocycles. The molecule has 0 aliphatic heterocycles. The molecule has 0 N–H and O–H groups in total. The Labute approximate surface area is 164 Å². The second-order valence-corrected chi connectivity index (χ2v) is 11.1. The summed E-state index contributed by atoms with van der Waals surface area (Å²) in [6.45, 7) is 3.94. The van der Waals surface area contributed by atoms with Crippen molar-refractivity contribution >= 4 is 23.2 Å². The number of hydrogen-bond acceptors (Lipinski definition) is 1. The van der Waals surface area contributed by atoms with Gasteiger partial charge in [-0.1, -0.05) is 0 Å². The van der Waals surface area contributed by atoms with Gasteiger partial charge in [-0.15, -0.1) is 0 Å². The summed E-state index contributed by atoms with van der Waals surface area (Å²) in [5.41, 5.74) is 0. The normalized spacial score (nSPS) is 12.0. The summed E-state index contributed by atoms with van der Waals surface area (Å²) in [4.78, 5) is 0. The molecule has 0 saturated heterocycles. The van der Waals surface area contributed by atoms with Gasteiger partial charge in [0.05, 0.1) is 0 Å². The number of hydrogen-bond donors (Lipinski definition) is 0. The summed E-state index contributed by atoms with van der Waals surface area (Å²) < 4.78 is 5.90. The minimum atomic E-state index is -2.07. The third-order valence-electron chi connectivity index (χ3n) is 5.28. The van der Waals surface area contributed by atoms with Gasteiger partial charge in [0, 0.05) is 0 Å². The van der Waals surface area contributed by atoms with Crippen LogP contribution in [-0.4, -0.2) is 19.4 Å². The van der Waals surface area contributed by atoms with Crippen molar-refractivity contribution in [1.82, 2.24) is 0 Å². The SMILES string of the molecule is CCCCOCCC[PH](c1ccccc1)(c1ccccc1)c1ccccc1. The molecule has 27 heavy (non-hydrogen) atoms. The van der Waals surface area contributed by atoms with Crippen LogP contribution in [0.1, 0.15) is 26.2 Å². The zero-order chi connectivity index (χ0) is 18.8. The summed E-state index contributed by atoms with van der Waals surface area (Å²) in [7, 11) is -2.07. The van der Waals surface area contributed by atoms with E-state index in [1.54, 1.807) is 0 Å². The van der Waals surface area contributed by atoms with Gasteiger partial charge < -0.3 is 0 Å². The molecule has 0 aliphatic rings. The monoisotopic (exact) mass is 378 g/mol. The fraction of sp³-hybridized carbons (Fsp3) is 0.280. The second kappa shape index (κ2) is 10.4. The van der Waals surface area contributed by atoms with Crippen LogP contribution in [0.4, 0.5) is 0 Å². The first-order valence-electron chi connectivity index (χ1n) is 10.1. The Kier molecular flexibility index (Phi) is 7.63. The van der Waals surface area contributed by atoms with Crippen LogP contribution in [0, 0.1) is 0 Å². The molecule has 0 radical (unpaired) electrons. The van der Waals surface area contributed by atoms with E-state index in [0.29, 0.717) is 0 Å². The topological polar surface area (TPSA) is 9.23 Å². The average molecular weight is 378 g/mol.